The van der Waals surface area contributed by atoms with Crippen molar-refractivity contribution in [3.05, 3.63) is 23.5 Å². The Morgan fingerprint density at radius 2 is 2.06 bits per heavy atom. The Balaban J connectivity index is 2.39. The number of anilines is 1. The highest BCUT2D eigenvalue weighted by atomic mass is 16.1. The lowest BCUT2D eigenvalue weighted by atomic mass is 9.84. The van der Waals surface area contributed by atoms with Crippen molar-refractivity contribution in [1.82, 2.24) is 4.98 Å². The van der Waals surface area contributed by atoms with Gasteiger partial charge in [0.25, 0.3) is 0 Å². The van der Waals surface area contributed by atoms with E-state index in [9.17, 15) is 4.79 Å². The lowest BCUT2D eigenvalue weighted by Crippen LogP contribution is -2.16. The SMILES string of the molecule is CC(=O)Nc1cnc(C2CC2)c(C(C)(C)C)c1. The summed E-state index contributed by atoms with van der Waals surface area (Å²) in [5.74, 6) is 0.585. The summed E-state index contributed by atoms with van der Waals surface area (Å²) >= 11 is 0. The molecule has 1 aromatic heterocycles. The summed E-state index contributed by atoms with van der Waals surface area (Å²) in [7, 11) is 0. The molecule has 1 aliphatic rings. The van der Waals surface area contributed by atoms with Gasteiger partial charge < -0.3 is 5.32 Å². The minimum atomic E-state index is -0.0502. The van der Waals surface area contributed by atoms with Crippen molar-refractivity contribution in [2.24, 2.45) is 0 Å². The molecule has 1 N–H and O–H groups in total. The molecule has 0 aromatic carbocycles. The molecule has 0 atom stereocenters. The van der Waals surface area contributed by atoms with Gasteiger partial charge in [-0.2, -0.15) is 0 Å². The first kappa shape index (κ1) is 12.1. The standard InChI is InChI=1S/C14H20N2O/c1-9(17)16-11-7-12(14(2,3)4)13(15-8-11)10-5-6-10/h7-8,10H,5-6H2,1-4H3,(H,16,17). The molecule has 3 heteroatoms. The highest BCUT2D eigenvalue weighted by Gasteiger charge is 2.31. The van der Waals surface area contributed by atoms with Crippen LogP contribution in [-0.2, 0) is 10.2 Å². The summed E-state index contributed by atoms with van der Waals surface area (Å²) in [4.78, 5) is 15.6. The molecule has 1 saturated carbocycles. The third-order valence-electron chi connectivity index (χ3n) is 3.01. The predicted octanol–water partition coefficient (Wildman–Crippen LogP) is 3.21. The van der Waals surface area contributed by atoms with E-state index in [-0.39, 0.29) is 11.3 Å². The van der Waals surface area contributed by atoms with Crippen LogP contribution in [0.4, 0.5) is 5.69 Å². The molecule has 0 spiro atoms. The van der Waals surface area contributed by atoms with Gasteiger partial charge >= 0.3 is 0 Å². The van der Waals surface area contributed by atoms with Crippen LogP contribution in [0.2, 0.25) is 0 Å². The number of pyridine rings is 1. The van der Waals surface area contributed by atoms with Crippen LogP contribution < -0.4 is 5.32 Å². The van der Waals surface area contributed by atoms with E-state index in [0.29, 0.717) is 5.92 Å². The Labute approximate surface area is 103 Å². The molecule has 1 fully saturated rings. The van der Waals surface area contributed by atoms with Crippen LogP contribution in [0.3, 0.4) is 0 Å². The fourth-order valence-electron chi connectivity index (χ4n) is 2.03. The zero-order valence-corrected chi connectivity index (χ0v) is 11.0. The Morgan fingerprint density at radius 3 is 2.53 bits per heavy atom. The van der Waals surface area contributed by atoms with Crippen LogP contribution in [0, 0.1) is 0 Å². The fraction of sp³-hybridized carbons (Fsp3) is 0.571. The molecule has 92 valence electrons. The lowest BCUT2D eigenvalue weighted by molar-refractivity contribution is -0.114. The highest BCUT2D eigenvalue weighted by Crippen LogP contribution is 2.43. The van der Waals surface area contributed by atoms with Gasteiger partial charge in [-0.05, 0) is 29.9 Å². The molecule has 1 heterocycles. The monoisotopic (exact) mass is 232 g/mol. The minimum Gasteiger partial charge on any atom is -0.325 e. The first-order valence-electron chi connectivity index (χ1n) is 6.16. The van der Waals surface area contributed by atoms with Gasteiger partial charge in [0.15, 0.2) is 0 Å². The molecule has 2 rings (SSSR count). The third-order valence-corrected chi connectivity index (χ3v) is 3.01. The number of nitrogens with zero attached hydrogens (tertiary/aromatic N) is 1. The topological polar surface area (TPSA) is 42.0 Å². The molecule has 1 amide bonds. The quantitative estimate of drug-likeness (QED) is 0.850. The first-order valence-corrected chi connectivity index (χ1v) is 6.16. The normalized spacial score (nSPS) is 15.8. The maximum absolute atomic E-state index is 11.1. The van der Waals surface area contributed by atoms with Crippen LogP contribution in [0.25, 0.3) is 0 Å². The molecule has 0 bridgehead atoms. The first-order chi connectivity index (χ1) is 7.88. The number of aromatic nitrogens is 1. The van der Waals surface area contributed by atoms with E-state index in [1.165, 1.54) is 31.0 Å². The number of amides is 1. The molecule has 1 aliphatic carbocycles. The molecule has 0 aliphatic heterocycles. The predicted molar refractivity (Wildman–Crippen MR) is 69.2 cm³/mol. The van der Waals surface area contributed by atoms with E-state index in [0.717, 1.165) is 5.69 Å². The van der Waals surface area contributed by atoms with Crippen molar-refractivity contribution in [2.75, 3.05) is 5.32 Å². The highest BCUT2D eigenvalue weighted by molar-refractivity contribution is 5.88. The van der Waals surface area contributed by atoms with Crippen LogP contribution in [0.5, 0.6) is 0 Å². The average Bonchev–Trinajstić information content (AvgIpc) is 2.98. The summed E-state index contributed by atoms with van der Waals surface area (Å²) in [5, 5.41) is 2.80. The van der Waals surface area contributed by atoms with E-state index >= 15 is 0 Å². The molecular formula is C14H20N2O. The van der Waals surface area contributed by atoms with E-state index in [2.05, 4.69) is 37.1 Å². The Bertz CT molecular complexity index is 442. The summed E-state index contributed by atoms with van der Waals surface area (Å²) in [5.41, 5.74) is 3.34. The second-order valence-corrected chi connectivity index (χ2v) is 5.86. The molecule has 0 saturated heterocycles. The van der Waals surface area contributed by atoms with Gasteiger partial charge in [0.1, 0.15) is 0 Å². The molecule has 17 heavy (non-hydrogen) atoms. The number of hydrogen-bond donors (Lipinski definition) is 1. The summed E-state index contributed by atoms with van der Waals surface area (Å²) < 4.78 is 0. The van der Waals surface area contributed by atoms with Crippen molar-refractivity contribution in [2.45, 2.75) is 51.9 Å². The average molecular weight is 232 g/mol. The van der Waals surface area contributed by atoms with Crippen molar-refractivity contribution < 1.29 is 4.79 Å². The maximum atomic E-state index is 11.1. The Hall–Kier alpha value is -1.38. The molecule has 1 aromatic rings. The van der Waals surface area contributed by atoms with Crippen molar-refractivity contribution >= 4 is 11.6 Å². The lowest BCUT2D eigenvalue weighted by Gasteiger charge is -2.23. The smallest absolute Gasteiger partial charge is 0.221 e. The van der Waals surface area contributed by atoms with Gasteiger partial charge in [-0.15, -0.1) is 0 Å². The van der Waals surface area contributed by atoms with Crippen LogP contribution in [0.15, 0.2) is 12.3 Å². The van der Waals surface area contributed by atoms with Gasteiger partial charge in [0, 0.05) is 18.5 Å². The van der Waals surface area contributed by atoms with Gasteiger partial charge in [0.05, 0.1) is 11.9 Å². The number of carbonyl (C=O) groups excluding carboxylic acids is 1. The zero-order chi connectivity index (χ0) is 12.6. The Kier molecular flexibility index (Phi) is 2.94. The van der Waals surface area contributed by atoms with E-state index < -0.39 is 0 Å². The van der Waals surface area contributed by atoms with Gasteiger partial charge in [-0.3, -0.25) is 9.78 Å². The van der Waals surface area contributed by atoms with Crippen molar-refractivity contribution in [3.63, 3.8) is 0 Å². The van der Waals surface area contributed by atoms with Crippen LogP contribution in [0.1, 0.15) is 57.7 Å². The van der Waals surface area contributed by atoms with Crippen molar-refractivity contribution in [3.8, 4) is 0 Å². The minimum absolute atomic E-state index is 0.0502. The zero-order valence-electron chi connectivity index (χ0n) is 11.0. The Morgan fingerprint density at radius 1 is 1.41 bits per heavy atom. The van der Waals surface area contributed by atoms with Crippen LogP contribution in [-0.4, -0.2) is 10.9 Å². The van der Waals surface area contributed by atoms with Crippen molar-refractivity contribution in [1.29, 1.82) is 0 Å². The number of nitrogens with one attached hydrogen (secondary N) is 1. The fourth-order valence-corrected chi connectivity index (χ4v) is 2.03. The van der Waals surface area contributed by atoms with Gasteiger partial charge in [0.2, 0.25) is 5.91 Å². The van der Waals surface area contributed by atoms with E-state index in [1.807, 2.05) is 0 Å². The van der Waals surface area contributed by atoms with Gasteiger partial charge in [-0.25, -0.2) is 0 Å². The number of rotatable bonds is 2. The maximum Gasteiger partial charge on any atom is 0.221 e. The van der Waals surface area contributed by atoms with Gasteiger partial charge in [-0.1, -0.05) is 20.8 Å². The molecule has 0 unspecified atom stereocenters. The summed E-state index contributed by atoms with van der Waals surface area (Å²) in [6, 6.07) is 2.07. The van der Waals surface area contributed by atoms with E-state index in [1.54, 1.807) is 6.20 Å². The largest absolute Gasteiger partial charge is 0.325 e. The van der Waals surface area contributed by atoms with Crippen LogP contribution >= 0.6 is 0 Å². The summed E-state index contributed by atoms with van der Waals surface area (Å²) in [6.45, 7) is 8.08. The number of carbonyl (C=O) groups is 1. The molecule has 3 nitrogen and oxygen atoms in total. The van der Waals surface area contributed by atoms with E-state index in [4.69, 9.17) is 0 Å². The number of hydrogen-bond acceptors (Lipinski definition) is 2. The summed E-state index contributed by atoms with van der Waals surface area (Å²) in [6.07, 6.45) is 4.26. The second-order valence-electron chi connectivity index (χ2n) is 5.86. The molecule has 0 radical (unpaired) electrons. The third kappa shape index (κ3) is 2.84. The molecular weight excluding hydrogens is 212 g/mol. The second kappa shape index (κ2) is 4.13.